The summed E-state index contributed by atoms with van der Waals surface area (Å²) in [4.78, 5) is 17.7. The first-order valence-corrected chi connectivity index (χ1v) is 14.6. The molecule has 0 spiro atoms. The van der Waals surface area contributed by atoms with Crippen molar-refractivity contribution in [2.24, 2.45) is 0 Å². The summed E-state index contributed by atoms with van der Waals surface area (Å²) in [5.41, 5.74) is 3.80. The Morgan fingerprint density at radius 2 is 1.43 bits per heavy atom. The quantitative estimate of drug-likeness (QED) is 0.299. The van der Waals surface area contributed by atoms with E-state index in [0.29, 0.717) is 16.9 Å². The summed E-state index contributed by atoms with van der Waals surface area (Å²) in [5, 5.41) is 2.84. The molecule has 2 N–H and O–H groups in total. The number of sulfonamides is 1. The highest BCUT2D eigenvalue weighted by molar-refractivity contribution is 7.92. The fourth-order valence-corrected chi connectivity index (χ4v) is 5.76. The van der Waals surface area contributed by atoms with Gasteiger partial charge in [-0.2, -0.15) is 0 Å². The van der Waals surface area contributed by atoms with Gasteiger partial charge >= 0.3 is 0 Å². The SMILES string of the molecule is COc1ccccc1N1CCN(Cc2ccc(C(=O)Nc3ccc(S(=O)(=O)Nc4ccccc4)cc3)cc2)CC1. The molecule has 0 aliphatic carbocycles. The summed E-state index contributed by atoms with van der Waals surface area (Å²) in [6, 6.07) is 30.5. The van der Waals surface area contributed by atoms with Crippen LogP contribution in [0.2, 0.25) is 0 Å². The summed E-state index contributed by atoms with van der Waals surface area (Å²) < 4.78 is 33.3. The highest BCUT2D eigenvalue weighted by atomic mass is 32.2. The summed E-state index contributed by atoms with van der Waals surface area (Å²) >= 11 is 0. The van der Waals surface area contributed by atoms with Gasteiger partial charge in [0, 0.05) is 49.7 Å². The molecular weight excluding hydrogens is 524 g/mol. The summed E-state index contributed by atoms with van der Waals surface area (Å²) in [6.07, 6.45) is 0. The van der Waals surface area contributed by atoms with E-state index in [9.17, 15) is 13.2 Å². The Morgan fingerprint density at radius 3 is 2.10 bits per heavy atom. The minimum atomic E-state index is -3.72. The van der Waals surface area contributed by atoms with Crippen molar-refractivity contribution in [3.8, 4) is 5.75 Å². The minimum Gasteiger partial charge on any atom is -0.495 e. The molecule has 0 radical (unpaired) electrons. The first-order chi connectivity index (χ1) is 19.4. The van der Waals surface area contributed by atoms with Gasteiger partial charge in [0.25, 0.3) is 15.9 Å². The molecule has 1 saturated heterocycles. The van der Waals surface area contributed by atoms with Crippen molar-refractivity contribution in [1.82, 2.24) is 4.90 Å². The number of ether oxygens (including phenoxy) is 1. The van der Waals surface area contributed by atoms with Gasteiger partial charge < -0.3 is 15.0 Å². The lowest BCUT2D eigenvalue weighted by molar-refractivity contribution is 0.102. The lowest BCUT2D eigenvalue weighted by Gasteiger charge is -2.36. The molecule has 0 bridgehead atoms. The van der Waals surface area contributed by atoms with E-state index in [4.69, 9.17) is 4.74 Å². The normalized spacial score (nSPS) is 14.0. The zero-order valence-electron chi connectivity index (χ0n) is 22.3. The molecule has 4 aromatic rings. The molecule has 1 aliphatic rings. The monoisotopic (exact) mass is 556 g/mol. The molecule has 0 atom stereocenters. The van der Waals surface area contributed by atoms with Crippen molar-refractivity contribution in [2.45, 2.75) is 11.4 Å². The van der Waals surface area contributed by atoms with Crippen molar-refractivity contribution in [3.05, 3.63) is 114 Å². The van der Waals surface area contributed by atoms with Crippen molar-refractivity contribution >= 4 is 33.0 Å². The lowest BCUT2D eigenvalue weighted by atomic mass is 10.1. The van der Waals surface area contributed by atoms with Gasteiger partial charge in [-0.15, -0.1) is 0 Å². The van der Waals surface area contributed by atoms with Crippen LogP contribution in [0.3, 0.4) is 0 Å². The number of methoxy groups -OCH3 is 1. The highest BCUT2D eigenvalue weighted by Gasteiger charge is 2.20. The predicted octanol–water partition coefficient (Wildman–Crippen LogP) is 5.07. The van der Waals surface area contributed by atoms with Gasteiger partial charge in [0.1, 0.15) is 5.75 Å². The van der Waals surface area contributed by atoms with E-state index in [1.54, 1.807) is 43.5 Å². The van der Waals surface area contributed by atoms with Crippen LogP contribution >= 0.6 is 0 Å². The molecule has 9 heteroatoms. The Morgan fingerprint density at radius 1 is 0.775 bits per heavy atom. The molecule has 4 aromatic carbocycles. The smallest absolute Gasteiger partial charge is 0.261 e. The molecule has 5 rings (SSSR count). The number of carbonyl (C=O) groups excluding carboxylic acids is 1. The molecule has 8 nitrogen and oxygen atoms in total. The van der Waals surface area contributed by atoms with Crippen LogP contribution in [0.5, 0.6) is 5.75 Å². The summed E-state index contributed by atoms with van der Waals surface area (Å²) in [5.74, 6) is 0.640. The molecule has 1 amide bonds. The fourth-order valence-electron chi connectivity index (χ4n) is 4.70. The van der Waals surface area contributed by atoms with E-state index >= 15 is 0 Å². The van der Waals surface area contributed by atoms with Crippen LogP contribution in [0.25, 0.3) is 0 Å². The Balaban J connectivity index is 1.13. The second-order valence-corrected chi connectivity index (χ2v) is 11.3. The molecule has 206 valence electrons. The van der Waals surface area contributed by atoms with Crippen LogP contribution in [-0.2, 0) is 16.6 Å². The van der Waals surface area contributed by atoms with Gasteiger partial charge in [0.2, 0.25) is 0 Å². The molecular formula is C31H32N4O4S. The third kappa shape index (κ3) is 6.62. The zero-order chi connectivity index (χ0) is 28.0. The van der Waals surface area contributed by atoms with E-state index in [-0.39, 0.29) is 10.8 Å². The lowest BCUT2D eigenvalue weighted by Crippen LogP contribution is -2.46. The molecule has 1 aliphatic heterocycles. The van der Waals surface area contributed by atoms with Crippen LogP contribution in [-0.4, -0.2) is 52.5 Å². The zero-order valence-corrected chi connectivity index (χ0v) is 23.1. The second kappa shape index (κ2) is 12.2. The maximum Gasteiger partial charge on any atom is 0.261 e. The topological polar surface area (TPSA) is 91.0 Å². The van der Waals surface area contributed by atoms with Crippen LogP contribution < -0.4 is 19.7 Å². The first-order valence-electron chi connectivity index (χ1n) is 13.1. The van der Waals surface area contributed by atoms with Crippen LogP contribution in [0.1, 0.15) is 15.9 Å². The number of para-hydroxylation sites is 3. The van der Waals surface area contributed by atoms with Gasteiger partial charge in [0.15, 0.2) is 0 Å². The average Bonchev–Trinajstić information content (AvgIpc) is 2.98. The predicted molar refractivity (Wildman–Crippen MR) is 159 cm³/mol. The van der Waals surface area contributed by atoms with Crippen molar-refractivity contribution in [2.75, 3.05) is 48.2 Å². The second-order valence-electron chi connectivity index (χ2n) is 9.58. The number of anilines is 3. The van der Waals surface area contributed by atoms with Crippen LogP contribution in [0.4, 0.5) is 17.1 Å². The number of hydrogen-bond donors (Lipinski definition) is 2. The van der Waals surface area contributed by atoms with Crippen molar-refractivity contribution < 1.29 is 17.9 Å². The summed E-state index contributed by atoms with van der Waals surface area (Å²) in [7, 11) is -2.02. The van der Waals surface area contributed by atoms with Gasteiger partial charge in [-0.25, -0.2) is 8.42 Å². The van der Waals surface area contributed by atoms with E-state index in [0.717, 1.165) is 49.7 Å². The van der Waals surface area contributed by atoms with Crippen molar-refractivity contribution in [3.63, 3.8) is 0 Å². The van der Waals surface area contributed by atoms with Gasteiger partial charge in [-0.05, 0) is 66.2 Å². The number of piperazine rings is 1. The van der Waals surface area contributed by atoms with E-state index in [2.05, 4.69) is 25.9 Å². The first kappa shape index (κ1) is 27.2. The maximum absolute atomic E-state index is 12.8. The van der Waals surface area contributed by atoms with Gasteiger partial charge in [-0.3, -0.25) is 14.4 Å². The van der Waals surface area contributed by atoms with Crippen LogP contribution in [0, 0.1) is 0 Å². The standard InChI is InChI=1S/C31H32N4O4S/c1-39-30-10-6-5-9-29(30)35-21-19-34(20-22-35)23-24-11-13-25(14-12-24)31(36)32-26-15-17-28(18-16-26)40(37,38)33-27-7-3-2-4-8-27/h2-18,33H,19-23H2,1H3,(H,32,36). The van der Waals surface area contributed by atoms with Crippen molar-refractivity contribution in [1.29, 1.82) is 0 Å². The molecule has 1 fully saturated rings. The van der Waals surface area contributed by atoms with Gasteiger partial charge in [-0.1, -0.05) is 42.5 Å². The highest BCUT2D eigenvalue weighted by Crippen LogP contribution is 2.28. The number of rotatable bonds is 9. The fraction of sp³-hybridized carbons (Fsp3) is 0.194. The Hall–Kier alpha value is -4.34. The minimum absolute atomic E-state index is 0.113. The number of nitrogens with one attached hydrogen (secondary N) is 2. The molecule has 0 saturated carbocycles. The maximum atomic E-state index is 12.8. The van der Waals surface area contributed by atoms with Gasteiger partial charge in [0.05, 0.1) is 17.7 Å². The Labute approximate surface area is 235 Å². The molecule has 40 heavy (non-hydrogen) atoms. The van der Waals surface area contributed by atoms with E-state index in [1.807, 2.05) is 48.5 Å². The van der Waals surface area contributed by atoms with Crippen LogP contribution in [0.15, 0.2) is 108 Å². The molecule has 0 aromatic heterocycles. The summed E-state index contributed by atoms with van der Waals surface area (Å²) in [6.45, 7) is 4.53. The molecule has 0 unspecified atom stereocenters. The number of nitrogens with zero attached hydrogens (tertiary/aromatic N) is 2. The Kier molecular flexibility index (Phi) is 8.33. The average molecular weight is 557 g/mol. The Bertz CT molecular complexity index is 1530. The number of benzene rings is 4. The number of hydrogen-bond acceptors (Lipinski definition) is 6. The van der Waals surface area contributed by atoms with E-state index < -0.39 is 10.0 Å². The van der Waals surface area contributed by atoms with E-state index in [1.165, 1.54) is 12.1 Å². The number of carbonyl (C=O) groups is 1. The third-order valence-corrected chi connectivity index (χ3v) is 8.27. The largest absolute Gasteiger partial charge is 0.495 e. The third-order valence-electron chi connectivity index (χ3n) is 6.87. The number of amides is 1. The molecule has 1 heterocycles.